The number of fused-ring (bicyclic) bond motifs is 1. The summed E-state index contributed by atoms with van der Waals surface area (Å²) < 4.78 is 5.65. The summed E-state index contributed by atoms with van der Waals surface area (Å²) >= 11 is 0. The maximum Gasteiger partial charge on any atom is 0.253 e. The molecule has 2 N–H and O–H groups in total. The van der Waals surface area contributed by atoms with Gasteiger partial charge in [0.2, 0.25) is 5.91 Å². The van der Waals surface area contributed by atoms with E-state index in [0.717, 1.165) is 51.1 Å². The van der Waals surface area contributed by atoms with Crippen LogP contribution in [0.4, 0.5) is 11.4 Å². The number of ether oxygens (including phenoxy) is 1. The number of anilines is 2. The standard InChI is InChI=1S/C25H31N3O3/c1-2-6-24(29)27-20-10-11-23(28-13-12-18-7-3-4-8-19(18)17-28)22(15-20)25(30)26-16-21-9-5-14-31-21/h3-4,7-8,10-11,15,21H,2,5-6,9,12-14,16-17H2,1H3,(H,26,30)(H,27,29)/t21-/m1/s1. The molecule has 0 saturated carbocycles. The highest BCUT2D eigenvalue weighted by Gasteiger charge is 2.23. The molecule has 2 aliphatic rings. The molecule has 2 aliphatic heterocycles. The van der Waals surface area contributed by atoms with Crippen molar-refractivity contribution in [2.45, 2.75) is 51.7 Å². The smallest absolute Gasteiger partial charge is 0.253 e. The number of nitrogens with zero attached hydrogens (tertiary/aromatic N) is 1. The molecular formula is C25H31N3O3. The van der Waals surface area contributed by atoms with Gasteiger partial charge < -0.3 is 20.3 Å². The lowest BCUT2D eigenvalue weighted by Crippen LogP contribution is -2.35. The number of amides is 2. The summed E-state index contributed by atoms with van der Waals surface area (Å²) in [6.45, 7) is 4.86. The maximum atomic E-state index is 13.2. The Morgan fingerprint density at radius 3 is 2.77 bits per heavy atom. The van der Waals surface area contributed by atoms with Crippen LogP contribution >= 0.6 is 0 Å². The van der Waals surface area contributed by atoms with E-state index in [0.29, 0.717) is 24.2 Å². The Labute approximate surface area is 184 Å². The number of rotatable bonds is 7. The first-order chi connectivity index (χ1) is 15.1. The number of nitrogens with one attached hydrogen (secondary N) is 2. The number of hydrogen-bond acceptors (Lipinski definition) is 4. The summed E-state index contributed by atoms with van der Waals surface area (Å²) in [4.78, 5) is 27.5. The summed E-state index contributed by atoms with van der Waals surface area (Å²) in [5.41, 5.74) is 4.80. The zero-order chi connectivity index (χ0) is 21.6. The minimum atomic E-state index is -0.129. The van der Waals surface area contributed by atoms with Crippen molar-refractivity contribution in [3.8, 4) is 0 Å². The molecule has 0 spiro atoms. The van der Waals surface area contributed by atoms with Crippen LogP contribution in [0.5, 0.6) is 0 Å². The highest BCUT2D eigenvalue weighted by Crippen LogP contribution is 2.30. The fourth-order valence-corrected chi connectivity index (χ4v) is 4.33. The SMILES string of the molecule is CCCC(=O)Nc1ccc(N2CCc3ccccc3C2)c(C(=O)NC[C@H]2CCCO2)c1. The summed E-state index contributed by atoms with van der Waals surface area (Å²) in [5, 5.41) is 5.96. The molecule has 0 unspecified atom stereocenters. The van der Waals surface area contributed by atoms with Crippen LogP contribution < -0.4 is 15.5 Å². The Bertz CT molecular complexity index is 937. The van der Waals surface area contributed by atoms with E-state index in [1.165, 1.54) is 11.1 Å². The van der Waals surface area contributed by atoms with Crippen LogP contribution in [0.15, 0.2) is 42.5 Å². The Balaban J connectivity index is 1.57. The zero-order valence-corrected chi connectivity index (χ0v) is 18.2. The molecule has 0 bridgehead atoms. The highest BCUT2D eigenvalue weighted by atomic mass is 16.5. The fraction of sp³-hybridized carbons (Fsp3) is 0.440. The van der Waals surface area contributed by atoms with E-state index in [4.69, 9.17) is 4.74 Å². The second kappa shape index (κ2) is 9.96. The van der Waals surface area contributed by atoms with E-state index in [9.17, 15) is 9.59 Å². The highest BCUT2D eigenvalue weighted by molar-refractivity contribution is 6.02. The molecule has 4 rings (SSSR count). The molecule has 0 radical (unpaired) electrons. The van der Waals surface area contributed by atoms with Crippen molar-refractivity contribution >= 4 is 23.2 Å². The van der Waals surface area contributed by atoms with E-state index < -0.39 is 0 Å². The van der Waals surface area contributed by atoms with Gasteiger partial charge in [0.15, 0.2) is 0 Å². The summed E-state index contributed by atoms with van der Waals surface area (Å²) in [6.07, 6.45) is 4.29. The van der Waals surface area contributed by atoms with Crippen LogP contribution in [0.3, 0.4) is 0 Å². The molecule has 2 aromatic carbocycles. The van der Waals surface area contributed by atoms with E-state index in [1.54, 1.807) is 6.07 Å². The van der Waals surface area contributed by atoms with E-state index >= 15 is 0 Å². The third-order valence-electron chi connectivity index (χ3n) is 5.99. The summed E-state index contributed by atoms with van der Waals surface area (Å²) in [7, 11) is 0. The first-order valence-electron chi connectivity index (χ1n) is 11.3. The van der Waals surface area contributed by atoms with Gasteiger partial charge in [0.1, 0.15) is 0 Å². The lowest BCUT2D eigenvalue weighted by atomic mass is 9.98. The first kappa shape index (κ1) is 21.4. The fourth-order valence-electron chi connectivity index (χ4n) is 4.33. The quantitative estimate of drug-likeness (QED) is 0.711. The Morgan fingerprint density at radius 2 is 2.00 bits per heavy atom. The average molecular weight is 422 g/mol. The number of hydrogen-bond donors (Lipinski definition) is 2. The van der Waals surface area contributed by atoms with Gasteiger partial charge in [-0.15, -0.1) is 0 Å². The summed E-state index contributed by atoms with van der Waals surface area (Å²) in [6, 6.07) is 14.1. The van der Waals surface area contributed by atoms with Gasteiger partial charge in [-0.3, -0.25) is 9.59 Å². The molecule has 2 aromatic rings. The van der Waals surface area contributed by atoms with Crippen molar-refractivity contribution < 1.29 is 14.3 Å². The topological polar surface area (TPSA) is 70.7 Å². The molecule has 2 amide bonds. The van der Waals surface area contributed by atoms with E-state index in [-0.39, 0.29) is 17.9 Å². The lowest BCUT2D eigenvalue weighted by molar-refractivity contribution is -0.116. The molecule has 1 saturated heterocycles. The Kier molecular flexibility index (Phi) is 6.87. The third-order valence-corrected chi connectivity index (χ3v) is 5.99. The van der Waals surface area contributed by atoms with E-state index in [1.807, 2.05) is 19.1 Å². The Hall–Kier alpha value is -2.86. The third kappa shape index (κ3) is 5.25. The molecule has 1 atom stereocenters. The van der Waals surface area contributed by atoms with Gasteiger partial charge in [0, 0.05) is 44.0 Å². The number of carbonyl (C=O) groups is 2. The van der Waals surface area contributed by atoms with Crippen molar-refractivity contribution in [1.82, 2.24) is 5.32 Å². The molecule has 0 aliphatic carbocycles. The predicted octanol–water partition coefficient (Wildman–Crippen LogP) is 3.90. The van der Waals surface area contributed by atoms with Crippen molar-refractivity contribution in [3.63, 3.8) is 0 Å². The first-order valence-corrected chi connectivity index (χ1v) is 11.3. The molecule has 31 heavy (non-hydrogen) atoms. The minimum Gasteiger partial charge on any atom is -0.376 e. The van der Waals surface area contributed by atoms with Gasteiger partial charge in [-0.05, 0) is 55.0 Å². The Morgan fingerprint density at radius 1 is 1.16 bits per heavy atom. The van der Waals surface area contributed by atoms with Crippen LogP contribution in [0.1, 0.15) is 54.1 Å². The molecule has 6 heteroatoms. The predicted molar refractivity (Wildman–Crippen MR) is 122 cm³/mol. The molecule has 0 aromatic heterocycles. The zero-order valence-electron chi connectivity index (χ0n) is 18.2. The minimum absolute atomic E-state index is 0.0344. The maximum absolute atomic E-state index is 13.2. The summed E-state index contributed by atoms with van der Waals surface area (Å²) in [5.74, 6) is -0.163. The normalized spacial score (nSPS) is 17.8. The average Bonchev–Trinajstić information content (AvgIpc) is 3.31. The monoisotopic (exact) mass is 421 g/mol. The number of carbonyl (C=O) groups excluding carboxylic acids is 2. The molecule has 164 valence electrons. The second-order valence-electron chi connectivity index (χ2n) is 8.32. The van der Waals surface area contributed by atoms with E-state index in [2.05, 4.69) is 39.8 Å². The van der Waals surface area contributed by atoms with Gasteiger partial charge >= 0.3 is 0 Å². The van der Waals surface area contributed by atoms with Crippen molar-refractivity contribution in [2.24, 2.45) is 0 Å². The lowest BCUT2D eigenvalue weighted by Gasteiger charge is -2.32. The van der Waals surface area contributed by atoms with Crippen LogP contribution in [0.2, 0.25) is 0 Å². The number of benzene rings is 2. The second-order valence-corrected chi connectivity index (χ2v) is 8.32. The molecule has 6 nitrogen and oxygen atoms in total. The van der Waals surface area contributed by atoms with Crippen molar-refractivity contribution in [1.29, 1.82) is 0 Å². The van der Waals surface area contributed by atoms with Gasteiger partial charge in [-0.25, -0.2) is 0 Å². The van der Waals surface area contributed by atoms with Gasteiger partial charge in [-0.2, -0.15) is 0 Å². The molecule has 2 heterocycles. The van der Waals surface area contributed by atoms with Gasteiger partial charge in [0.25, 0.3) is 5.91 Å². The van der Waals surface area contributed by atoms with Crippen LogP contribution in [-0.4, -0.2) is 37.6 Å². The van der Waals surface area contributed by atoms with Gasteiger partial charge in [-0.1, -0.05) is 31.2 Å². The largest absolute Gasteiger partial charge is 0.376 e. The van der Waals surface area contributed by atoms with Crippen molar-refractivity contribution in [2.75, 3.05) is 29.9 Å². The van der Waals surface area contributed by atoms with Crippen LogP contribution in [0.25, 0.3) is 0 Å². The van der Waals surface area contributed by atoms with Crippen LogP contribution in [-0.2, 0) is 22.5 Å². The van der Waals surface area contributed by atoms with Crippen molar-refractivity contribution in [3.05, 3.63) is 59.2 Å². The van der Waals surface area contributed by atoms with Crippen LogP contribution in [0, 0.1) is 0 Å². The molecule has 1 fully saturated rings. The molecular weight excluding hydrogens is 390 g/mol. The van der Waals surface area contributed by atoms with Gasteiger partial charge in [0.05, 0.1) is 11.7 Å².